The lowest BCUT2D eigenvalue weighted by Gasteiger charge is -2.26. The molecule has 2 atom stereocenters. The van der Waals surface area contributed by atoms with Gasteiger partial charge < -0.3 is 11.1 Å². The third-order valence-corrected chi connectivity index (χ3v) is 3.34. The number of amides is 1. The molecule has 1 fully saturated rings. The van der Waals surface area contributed by atoms with E-state index < -0.39 is 5.82 Å². The van der Waals surface area contributed by atoms with Crippen LogP contribution in [0.3, 0.4) is 0 Å². The fourth-order valence-electron chi connectivity index (χ4n) is 2.39. The quantitative estimate of drug-likeness (QED) is 0.854. The van der Waals surface area contributed by atoms with Crippen LogP contribution in [0.15, 0.2) is 18.5 Å². The molecule has 0 aromatic carbocycles. The number of carbonyl (C=O) groups is 1. The van der Waals surface area contributed by atoms with E-state index in [1.165, 1.54) is 12.3 Å². The largest absolute Gasteiger partial charge is 0.352 e. The first kappa shape index (κ1) is 13.0. The van der Waals surface area contributed by atoms with E-state index in [-0.39, 0.29) is 17.5 Å². The number of nitrogens with two attached hydrogens (primary N) is 1. The SMILES string of the molecule is NC1CCCC(CNC(=O)c2cncc(F)c2)C1. The zero-order valence-corrected chi connectivity index (χ0v) is 10.2. The summed E-state index contributed by atoms with van der Waals surface area (Å²) in [7, 11) is 0. The van der Waals surface area contributed by atoms with Crippen molar-refractivity contribution >= 4 is 5.91 Å². The van der Waals surface area contributed by atoms with Crippen molar-refractivity contribution in [2.75, 3.05) is 6.54 Å². The molecule has 98 valence electrons. The Balaban J connectivity index is 1.84. The summed E-state index contributed by atoms with van der Waals surface area (Å²) >= 11 is 0. The van der Waals surface area contributed by atoms with Gasteiger partial charge in [-0.3, -0.25) is 9.78 Å². The van der Waals surface area contributed by atoms with Crippen molar-refractivity contribution in [3.8, 4) is 0 Å². The van der Waals surface area contributed by atoms with Crippen molar-refractivity contribution in [1.29, 1.82) is 0 Å². The van der Waals surface area contributed by atoms with Crippen LogP contribution in [0, 0.1) is 11.7 Å². The predicted octanol–water partition coefficient (Wildman–Crippen LogP) is 1.47. The molecule has 0 aliphatic heterocycles. The standard InChI is InChI=1S/C13H18FN3O/c14-11-5-10(7-16-8-11)13(18)17-6-9-2-1-3-12(15)4-9/h5,7-9,12H,1-4,6,15H2,(H,17,18). The Morgan fingerprint density at radius 2 is 2.33 bits per heavy atom. The fraction of sp³-hybridized carbons (Fsp3) is 0.538. The van der Waals surface area contributed by atoms with Gasteiger partial charge in [-0.2, -0.15) is 0 Å². The number of hydrogen-bond acceptors (Lipinski definition) is 3. The normalized spacial score (nSPS) is 23.7. The Labute approximate surface area is 106 Å². The first-order valence-corrected chi connectivity index (χ1v) is 6.29. The molecule has 2 rings (SSSR count). The third-order valence-electron chi connectivity index (χ3n) is 3.34. The van der Waals surface area contributed by atoms with E-state index in [0.717, 1.165) is 31.9 Å². The van der Waals surface area contributed by atoms with Crippen LogP contribution in [-0.4, -0.2) is 23.5 Å². The Morgan fingerprint density at radius 3 is 3.06 bits per heavy atom. The van der Waals surface area contributed by atoms with Crippen LogP contribution in [0.4, 0.5) is 4.39 Å². The van der Waals surface area contributed by atoms with Gasteiger partial charge in [0.25, 0.3) is 5.91 Å². The van der Waals surface area contributed by atoms with E-state index in [2.05, 4.69) is 10.3 Å². The summed E-state index contributed by atoms with van der Waals surface area (Å²) in [6.45, 7) is 0.600. The molecule has 1 aliphatic rings. The minimum Gasteiger partial charge on any atom is -0.352 e. The minimum atomic E-state index is -0.498. The van der Waals surface area contributed by atoms with Crippen LogP contribution in [0.2, 0.25) is 0 Å². The number of halogens is 1. The van der Waals surface area contributed by atoms with Crippen LogP contribution in [0.5, 0.6) is 0 Å². The average molecular weight is 251 g/mol. The molecule has 3 N–H and O–H groups in total. The van der Waals surface area contributed by atoms with Crippen molar-refractivity contribution in [2.24, 2.45) is 11.7 Å². The summed E-state index contributed by atoms with van der Waals surface area (Å²) in [6, 6.07) is 1.44. The zero-order valence-electron chi connectivity index (χ0n) is 10.2. The third kappa shape index (κ3) is 3.50. The monoisotopic (exact) mass is 251 g/mol. The van der Waals surface area contributed by atoms with Gasteiger partial charge in [0, 0.05) is 18.8 Å². The number of aromatic nitrogens is 1. The number of hydrogen-bond donors (Lipinski definition) is 2. The van der Waals surface area contributed by atoms with Gasteiger partial charge in [-0.15, -0.1) is 0 Å². The van der Waals surface area contributed by atoms with E-state index in [4.69, 9.17) is 5.73 Å². The Bertz CT molecular complexity index is 424. The van der Waals surface area contributed by atoms with Crippen LogP contribution in [0.25, 0.3) is 0 Å². The fourth-order valence-corrected chi connectivity index (χ4v) is 2.39. The van der Waals surface area contributed by atoms with Crippen molar-refractivity contribution in [3.05, 3.63) is 29.8 Å². The highest BCUT2D eigenvalue weighted by molar-refractivity contribution is 5.93. The summed E-state index contributed by atoms with van der Waals surface area (Å²) in [4.78, 5) is 15.4. The number of nitrogens with zero attached hydrogens (tertiary/aromatic N) is 1. The number of nitrogens with one attached hydrogen (secondary N) is 1. The molecule has 1 aromatic rings. The smallest absolute Gasteiger partial charge is 0.252 e. The summed E-state index contributed by atoms with van der Waals surface area (Å²) in [5, 5.41) is 2.82. The molecule has 1 saturated carbocycles. The van der Waals surface area contributed by atoms with Gasteiger partial charge in [0.15, 0.2) is 0 Å². The average Bonchev–Trinajstić information content (AvgIpc) is 2.36. The maximum atomic E-state index is 12.9. The summed E-state index contributed by atoms with van der Waals surface area (Å²) in [5.74, 6) is -0.345. The summed E-state index contributed by atoms with van der Waals surface area (Å²) in [6.07, 6.45) is 6.67. The van der Waals surface area contributed by atoms with Crippen LogP contribution < -0.4 is 11.1 Å². The molecule has 0 spiro atoms. The number of carbonyl (C=O) groups excluding carboxylic acids is 1. The molecule has 18 heavy (non-hydrogen) atoms. The molecule has 4 nitrogen and oxygen atoms in total. The van der Waals surface area contributed by atoms with Gasteiger partial charge in [-0.1, -0.05) is 6.42 Å². The van der Waals surface area contributed by atoms with Crippen molar-refractivity contribution in [3.63, 3.8) is 0 Å². The van der Waals surface area contributed by atoms with E-state index in [9.17, 15) is 9.18 Å². The molecular weight excluding hydrogens is 233 g/mol. The van der Waals surface area contributed by atoms with Gasteiger partial charge >= 0.3 is 0 Å². The molecule has 5 heteroatoms. The van der Waals surface area contributed by atoms with Gasteiger partial charge in [-0.25, -0.2) is 4.39 Å². The van der Waals surface area contributed by atoms with Crippen molar-refractivity contribution < 1.29 is 9.18 Å². The van der Waals surface area contributed by atoms with Gasteiger partial charge in [0.1, 0.15) is 5.82 Å². The van der Waals surface area contributed by atoms with E-state index in [1.807, 2.05) is 0 Å². The highest BCUT2D eigenvalue weighted by Crippen LogP contribution is 2.22. The van der Waals surface area contributed by atoms with E-state index in [1.54, 1.807) is 0 Å². The Hall–Kier alpha value is -1.49. The van der Waals surface area contributed by atoms with Gasteiger partial charge in [0.05, 0.1) is 11.8 Å². The van der Waals surface area contributed by atoms with Crippen LogP contribution >= 0.6 is 0 Å². The molecule has 2 unspecified atom stereocenters. The zero-order chi connectivity index (χ0) is 13.0. The first-order valence-electron chi connectivity index (χ1n) is 6.29. The molecular formula is C13H18FN3O. The molecule has 1 aromatic heterocycles. The van der Waals surface area contributed by atoms with E-state index in [0.29, 0.717) is 12.5 Å². The topological polar surface area (TPSA) is 68.0 Å². The lowest BCUT2D eigenvalue weighted by Crippen LogP contribution is -2.35. The summed E-state index contributed by atoms with van der Waals surface area (Å²) in [5.41, 5.74) is 6.15. The molecule has 1 amide bonds. The lowest BCUT2D eigenvalue weighted by molar-refractivity contribution is 0.0941. The highest BCUT2D eigenvalue weighted by Gasteiger charge is 2.19. The second kappa shape index (κ2) is 5.91. The molecule has 0 bridgehead atoms. The second-order valence-electron chi connectivity index (χ2n) is 4.89. The first-order chi connectivity index (χ1) is 8.65. The number of pyridine rings is 1. The maximum Gasteiger partial charge on any atom is 0.252 e. The van der Waals surface area contributed by atoms with Crippen molar-refractivity contribution in [1.82, 2.24) is 10.3 Å². The van der Waals surface area contributed by atoms with Crippen LogP contribution in [0.1, 0.15) is 36.0 Å². The molecule has 1 aliphatic carbocycles. The van der Waals surface area contributed by atoms with Gasteiger partial charge in [-0.05, 0) is 31.2 Å². The minimum absolute atomic E-state index is 0.247. The Kier molecular flexibility index (Phi) is 4.25. The second-order valence-corrected chi connectivity index (χ2v) is 4.89. The molecule has 0 radical (unpaired) electrons. The molecule has 1 heterocycles. The number of rotatable bonds is 3. The lowest BCUT2D eigenvalue weighted by atomic mass is 9.86. The molecule has 0 saturated heterocycles. The van der Waals surface area contributed by atoms with Crippen molar-refractivity contribution in [2.45, 2.75) is 31.7 Å². The van der Waals surface area contributed by atoms with Crippen LogP contribution in [-0.2, 0) is 0 Å². The predicted molar refractivity (Wildman–Crippen MR) is 66.5 cm³/mol. The summed E-state index contributed by atoms with van der Waals surface area (Å²) < 4.78 is 12.9. The highest BCUT2D eigenvalue weighted by atomic mass is 19.1. The van der Waals surface area contributed by atoms with E-state index >= 15 is 0 Å². The Morgan fingerprint density at radius 1 is 1.50 bits per heavy atom. The van der Waals surface area contributed by atoms with Gasteiger partial charge in [0.2, 0.25) is 0 Å². The maximum absolute atomic E-state index is 12.9.